The quantitative estimate of drug-likeness (QED) is 0.326. The summed E-state index contributed by atoms with van der Waals surface area (Å²) in [6.45, 7) is 7.52. The highest BCUT2D eigenvalue weighted by Crippen LogP contribution is 2.12. The van der Waals surface area contributed by atoms with Gasteiger partial charge in [0.25, 0.3) is 0 Å². The Balaban J connectivity index is 0.00000420. The van der Waals surface area contributed by atoms with E-state index in [1.165, 1.54) is 5.56 Å². The van der Waals surface area contributed by atoms with Crippen LogP contribution in [-0.2, 0) is 24.4 Å². The van der Waals surface area contributed by atoms with Crippen LogP contribution in [0.1, 0.15) is 37.5 Å². The van der Waals surface area contributed by atoms with Crippen molar-refractivity contribution in [1.82, 2.24) is 15.5 Å². The number of guanidine groups is 1. The molecule has 1 aromatic carbocycles. The highest BCUT2D eigenvalue weighted by Gasteiger charge is 2.19. The highest BCUT2D eigenvalue weighted by atomic mass is 127. The van der Waals surface area contributed by atoms with Gasteiger partial charge in [0.05, 0.1) is 0 Å². The van der Waals surface area contributed by atoms with E-state index >= 15 is 0 Å². The van der Waals surface area contributed by atoms with Crippen LogP contribution in [0.15, 0.2) is 46.1 Å². The molecule has 2 N–H and O–H groups in total. The Kier molecular flexibility index (Phi) is 10.5. The number of halogens is 1. The predicted octanol–water partition coefficient (Wildman–Crippen LogP) is 4.60. The van der Waals surface area contributed by atoms with Crippen LogP contribution in [0, 0.1) is 0 Å². The molecule has 1 aromatic heterocycles. The van der Waals surface area contributed by atoms with Gasteiger partial charge in [0.2, 0.25) is 0 Å². The zero-order valence-corrected chi connectivity index (χ0v) is 20.8. The van der Waals surface area contributed by atoms with Crippen LogP contribution in [-0.4, -0.2) is 36.6 Å². The maximum Gasteiger partial charge on any atom is 0.410 e. The van der Waals surface area contributed by atoms with E-state index in [4.69, 9.17) is 4.74 Å². The third-order valence-electron chi connectivity index (χ3n) is 3.87. The fourth-order valence-corrected chi connectivity index (χ4v) is 3.09. The molecule has 0 saturated carbocycles. The molecular formula is C21H31IN4O2S. The standard InChI is InChI=1S/C21H30N4O2S.HI/c1-21(2,3)27-20(26)25(5)14-17-8-6-16(7-9-17)12-23-19(22-4)24-13-18-10-11-28-15-18;/h6-11,15H,12-14H2,1-5H3,(H2,22,23,24);1H. The van der Waals surface area contributed by atoms with Gasteiger partial charge in [-0.1, -0.05) is 24.3 Å². The van der Waals surface area contributed by atoms with Gasteiger partial charge in [-0.15, -0.1) is 24.0 Å². The molecule has 0 aliphatic heterocycles. The summed E-state index contributed by atoms with van der Waals surface area (Å²) in [5.74, 6) is 0.764. The van der Waals surface area contributed by atoms with E-state index in [-0.39, 0.29) is 30.1 Å². The molecule has 0 aliphatic carbocycles. The third kappa shape index (κ3) is 9.49. The number of rotatable bonds is 6. The minimum atomic E-state index is -0.489. The SMILES string of the molecule is CN=C(NCc1ccc(CN(C)C(=O)OC(C)(C)C)cc1)NCc1ccsc1.I. The minimum absolute atomic E-state index is 0. The lowest BCUT2D eigenvalue weighted by Gasteiger charge is -2.24. The summed E-state index contributed by atoms with van der Waals surface area (Å²) in [5.41, 5.74) is 2.95. The smallest absolute Gasteiger partial charge is 0.410 e. The summed E-state index contributed by atoms with van der Waals surface area (Å²) in [4.78, 5) is 17.9. The van der Waals surface area contributed by atoms with Gasteiger partial charge in [-0.25, -0.2) is 4.79 Å². The van der Waals surface area contributed by atoms with E-state index in [1.807, 2.05) is 32.9 Å². The average Bonchev–Trinajstić information content (AvgIpc) is 3.15. The maximum absolute atomic E-state index is 12.1. The van der Waals surface area contributed by atoms with Crippen molar-refractivity contribution in [2.24, 2.45) is 4.99 Å². The molecule has 160 valence electrons. The van der Waals surface area contributed by atoms with Gasteiger partial charge in [0, 0.05) is 33.7 Å². The number of carbonyl (C=O) groups is 1. The van der Waals surface area contributed by atoms with Crippen LogP contribution in [0.25, 0.3) is 0 Å². The average molecular weight is 530 g/mol. The molecule has 0 saturated heterocycles. The van der Waals surface area contributed by atoms with Crippen molar-refractivity contribution in [2.45, 2.75) is 46.0 Å². The molecular weight excluding hydrogens is 499 g/mol. The van der Waals surface area contributed by atoms with Crippen LogP contribution >= 0.6 is 35.3 Å². The van der Waals surface area contributed by atoms with Crippen LogP contribution < -0.4 is 10.6 Å². The van der Waals surface area contributed by atoms with Crippen molar-refractivity contribution >= 4 is 47.4 Å². The van der Waals surface area contributed by atoms with E-state index in [1.54, 1.807) is 30.3 Å². The number of carbonyl (C=O) groups excluding carboxylic acids is 1. The Morgan fingerprint density at radius 3 is 2.17 bits per heavy atom. The summed E-state index contributed by atoms with van der Waals surface area (Å²) in [6.07, 6.45) is -0.321. The van der Waals surface area contributed by atoms with Crippen molar-refractivity contribution in [3.63, 3.8) is 0 Å². The molecule has 6 nitrogen and oxygen atoms in total. The van der Waals surface area contributed by atoms with Gasteiger partial charge in [-0.05, 0) is 54.3 Å². The van der Waals surface area contributed by atoms with E-state index in [9.17, 15) is 4.79 Å². The summed E-state index contributed by atoms with van der Waals surface area (Å²) in [7, 11) is 3.51. The number of aliphatic imine (C=N–C) groups is 1. The number of ether oxygens (including phenoxy) is 1. The first-order valence-electron chi connectivity index (χ1n) is 9.24. The number of amides is 1. The van der Waals surface area contributed by atoms with E-state index in [2.05, 4.69) is 44.6 Å². The summed E-state index contributed by atoms with van der Waals surface area (Å²) in [5, 5.41) is 10.8. The van der Waals surface area contributed by atoms with Crippen LogP contribution in [0.2, 0.25) is 0 Å². The number of hydrogen-bond acceptors (Lipinski definition) is 4. The number of hydrogen-bond donors (Lipinski definition) is 2. The van der Waals surface area contributed by atoms with E-state index in [0.29, 0.717) is 13.1 Å². The Labute approximate surface area is 194 Å². The Hall–Kier alpha value is -1.81. The molecule has 1 heterocycles. The third-order valence-corrected chi connectivity index (χ3v) is 4.60. The maximum atomic E-state index is 12.1. The van der Waals surface area contributed by atoms with Gasteiger partial charge < -0.3 is 20.3 Å². The Morgan fingerprint density at radius 1 is 1.07 bits per heavy atom. The zero-order valence-electron chi connectivity index (χ0n) is 17.7. The predicted molar refractivity (Wildman–Crippen MR) is 131 cm³/mol. The van der Waals surface area contributed by atoms with Gasteiger partial charge >= 0.3 is 6.09 Å². The molecule has 2 aromatic rings. The van der Waals surface area contributed by atoms with Crippen molar-refractivity contribution in [2.75, 3.05) is 14.1 Å². The molecule has 0 fully saturated rings. The highest BCUT2D eigenvalue weighted by molar-refractivity contribution is 14.0. The van der Waals surface area contributed by atoms with Crippen molar-refractivity contribution in [3.8, 4) is 0 Å². The second kappa shape index (κ2) is 12.0. The van der Waals surface area contributed by atoms with Crippen molar-refractivity contribution in [3.05, 3.63) is 57.8 Å². The van der Waals surface area contributed by atoms with Gasteiger partial charge in [0.15, 0.2) is 5.96 Å². The Morgan fingerprint density at radius 2 is 1.66 bits per heavy atom. The topological polar surface area (TPSA) is 66.0 Å². The fraction of sp³-hybridized carbons (Fsp3) is 0.429. The molecule has 0 unspecified atom stereocenters. The minimum Gasteiger partial charge on any atom is -0.444 e. The van der Waals surface area contributed by atoms with E-state index < -0.39 is 5.60 Å². The molecule has 2 rings (SSSR count). The van der Waals surface area contributed by atoms with Crippen molar-refractivity contribution in [1.29, 1.82) is 0 Å². The monoisotopic (exact) mass is 530 g/mol. The summed E-state index contributed by atoms with van der Waals surface area (Å²) in [6, 6.07) is 10.3. The molecule has 0 radical (unpaired) electrons. The normalized spacial score (nSPS) is 11.4. The molecule has 29 heavy (non-hydrogen) atoms. The largest absolute Gasteiger partial charge is 0.444 e. The van der Waals surface area contributed by atoms with Gasteiger partial charge in [-0.3, -0.25) is 4.99 Å². The number of nitrogens with zero attached hydrogens (tertiary/aromatic N) is 2. The van der Waals surface area contributed by atoms with Crippen LogP contribution in [0.4, 0.5) is 4.79 Å². The first kappa shape index (κ1) is 25.2. The summed E-state index contributed by atoms with van der Waals surface area (Å²) < 4.78 is 5.38. The molecule has 0 atom stereocenters. The van der Waals surface area contributed by atoms with Gasteiger partial charge in [-0.2, -0.15) is 11.3 Å². The van der Waals surface area contributed by atoms with Gasteiger partial charge in [0.1, 0.15) is 5.60 Å². The number of nitrogens with one attached hydrogen (secondary N) is 2. The molecule has 8 heteroatoms. The second-order valence-corrected chi connectivity index (χ2v) is 8.34. The number of benzene rings is 1. The molecule has 0 aliphatic rings. The lowest BCUT2D eigenvalue weighted by Crippen LogP contribution is -2.36. The molecule has 0 spiro atoms. The fourth-order valence-electron chi connectivity index (χ4n) is 2.43. The summed E-state index contributed by atoms with van der Waals surface area (Å²) >= 11 is 1.69. The number of thiophene rings is 1. The van der Waals surface area contributed by atoms with Crippen LogP contribution in [0.3, 0.4) is 0 Å². The lowest BCUT2D eigenvalue weighted by atomic mass is 10.1. The first-order valence-corrected chi connectivity index (χ1v) is 10.2. The molecule has 0 bridgehead atoms. The molecule has 1 amide bonds. The lowest BCUT2D eigenvalue weighted by molar-refractivity contribution is 0.0285. The van der Waals surface area contributed by atoms with E-state index in [0.717, 1.165) is 23.6 Å². The Bertz CT molecular complexity index is 771. The first-order chi connectivity index (χ1) is 13.3. The van der Waals surface area contributed by atoms with Crippen LogP contribution in [0.5, 0.6) is 0 Å². The van der Waals surface area contributed by atoms with Crippen molar-refractivity contribution < 1.29 is 9.53 Å². The second-order valence-electron chi connectivity index (χ2n) is 7.56. The zero-order chi connectivity index (χ0) is 20.6.